The summed E-state index contributed by atoms with van der Waals surface area (Å²) in [5.74, 6) is -1.87. The van der Waals surface area contributed by atoms with E-state index in [1.54, 1.807) is 0 Å². The van der Waals surface area contributed by atoms with Gasteiger partial charge in [-0.2, -0.15) is 0 Å². The molecule has 0 radical (unpaired) electrons. The highest BCUT2D eigenvalue weighted by Gasteiger charge is 2.20. The average molecular weight is 239 g/mol. The fourth-order valence-electron chi connectivity index (χ4n) is 2.01. The summed E-state index contributed by atoms with van der Waals surface area (Å²) in [7, 11) is 0. The first-order chi connectivity index (χ1) is 8.16. The Bertz CT molecular complexity index is 416. The van der Waals surface area contributed by atoms with Crippen LogP contribution in [0.5, 0.6) is 5.88 Å². The second-order valence-electron chi connectivity index (χ2n) is 4.19. The number of carboxylic acid groups (broad SMARTS) is 1. The van der Waals surface area contributed by atoms with Crippen LogP contribution >= 0.6 is 0 Å². The lowest BCUT2D eigenvalue weighted by Crippen LogP contribution is -2.21. The van der Waals surface area contributed by atoms with Gasteiger partial charge in [0.25, 0.3) is 0 Å². The van der Waals surface area contributed by atoms with Gasteiger partial charge in [0.1, 0.15) is 17.5 Å². The van der Waals surface area contributed by atoms with E-state index in [4.69, 9.17) is 9.84 Å². The maximum absolute atomic E-state index is 12.9. The Labute approximate surface area is 98.4 Å². The first-order valence-electron chi connectivity index (χ1n) is 5.72. The van der Waals surface area contributed by atoms with Crippen LogP contribution in [0.2, 0.25) is 0 Å². The highest BCUT2D eigenvalue weighted by Crippen LogP contribution is 2.24. The number of hydrogen-bond acceptors (Lipinski definition) is 3. The summed E-state index contributed by atoms with van der Waals surface area (Å²) in [5.41, 5.74) is -0.212. The maximum atomic E-state index is 12.9. The SMILES string of the molecule is O=C(O)c1cc(F)cnc1OC1CCCCC1. The molecule has 2 rings (SSSR count). The van der Waals surface area contributed by atoms with Gasteiger partial charge in [0.05, 0.1) is 6.20 Å². The molecule has 0 spiro atoms. The highest BCUT2D eigenvalue weighted by atomic mass is 19.1. The van der Waals surface area contributed by atoms with Crippen molar-refractivity contribution >= 4 is 5.97 Å². The molecule has 1 aromatic rings. The van der Waals surface area contributed by atoms with E-state index in [2.05, 4.69) is 4.98 Å². The molecule has 0 aromatic carbocycles. The number of aromatic carboxylic acids is 1. The third-order valence-corrected chi connectivity index (χ3v) is 2.88. The Balaban J connectivity index is 2.16. The molecule has 1 N–H and O–H groups in total. The number of rotatable bonds is 3. The first kappa shape index (κ1) is 11.8. The zero-order chi connectivity index (χ0) is 12.3. The standard InChI is InChI=1S/C12H14FNO3/c13-8-6-10(12(15)16)11(14-7-8)17-9-4-2-1-3-5-9/h6-7,9H,1-5H2,(H,15,16). The molecule has 92 valence electrons. The predicted molar refractivity (Wildman–Crippen MR) is 58.7 cm³/mol. The molecule has 1 saturated carbocycles. The van der Waals surface area contributed by atoms with Gasteiger partial charge in [0.2, 0.25) is 5.88 Å². The molecule has 1 heterocycles. The van der Waals surface area contributed by atoms with Gasteiger partial charge in [0, 0.05) is 0 Å². The number of ether oxygens (including phenoxy) is 1. The quantitative estimate of drug-likeness (QED) is 0.880. The van der Waals surface area contributed by atoms with Gasteiger partial charge >= 0.3 is 5.97 Å². The smallest absolute Gasteiger partial charge is 0.341 e. The van der Waals surface area contributed by atoms with Crippen molar-refractivity contribution in [3.8, 4) is 5.88 Å². The van der Waals surface area contributed by atoms with Crippen molar-refractivity contribution < 1.29 is 19.0 Å². The molecular formula is C12H14FNO3. The molecule has 0 unspecified atom stereocenters. The van der Waals surface area contributed by atoms with Crippen molar-refractivity contribution in [2.24, 2.45) is 0 Å². The molecule has 0 aliphatic heterocycles. The molecule has 0 atom stereocenters. The van der Waals surface area contributed by atoms with Gasteiger partial charge in [-0.25, -0.2) is 14.2 Å². The molecular weight excluding hydrogens is 225 g/mol. The van der Waals surface area contributed by atoms with E-state index in [0.29, 0.717) is 0 Å². The molecule has 1 aromatic heterocycles. The summed E-state index contributed by atoms with van der Waals surface area (Å²) in [6.45, 7) is 0. The van der Waals surface area contributed by atoms with Gasteiger partial charge < -0.3 is 9.84 Å². The van der Waals surface area contributed by atoms with Gasteiger partial charge in [0.15, 0.2) is 0 Å². The van der Waals surface area contributed by atoms with Crippen LogP contribution in [0.15, 0.2) is 12.3 Å². The molecule has 17 heavy (non-hydrogen) atoms. The van der Waals surface area contributed by atoms with E-state index in [-0.39, 0.29) is 17.5 Å². The fourth-order valence-corrected chi connectivity index (χ4v) is 2.01. The van der Waals surface area contributed by atoms with Crippen LogP contribution in [0.1, 0.15) is 42.5 Å². The topological polar surface area (TPSA) is 59.4 Å². The summed E-state index contributed by atoms with van der Waals surface area (Å²) in [5, 5.41) is 8.93. The molecule has 0 amide bonds. The van der Waals surface area contributed by atoms with Crippen molar-refractivity contribution in [2.45, 2.75) is 38.2 Å². The fraction of sp³-hybridized carbons (Fsp3) is 0.500. The van der Waals surface area contributed by atoms with Gasteiger partial charge in [-0.1, -0.05) is 6.42 Å². The van der Waals surface area contributed by atoms with Crippen LogP contribution in [0.4, 0.5) is 4.39 Å². The molecule has 0 bridgehead atoms. The lowest BCUT2D eigenvalue weighted by molar-refractivity contribution is 0.0683. The molecule has 1 fully saturated rings. The second-order valence-corrected chi connectivity index (χ2v) is 4.19. The van der Waals surface area contributed by atoms with Crippen molar-refractivity contribution in [2.75, 3.05) is 0 Å². The second kappa shape index (κ2) is 5.12. The number of nitrogens with zero attached hydrogens (tertiary/aromatic N) is 1. The number of halogens is 1. The largest absolute Gasteiger partial charge is 0.477 e. The van der Waals surface area contributed by atoms with E-state index < -0.39 is 11.8 Å². The third kappa shape index (κ3) is 2.93. The highest BCUT2D eigenvalue weighted by molar-refractivity contribution is 5.90. The third-order valence-electron chi connectivity index (χ3n) is 2.88. The predicted octanol–water partition coefficient (Wildman–Crippen LogP) is 2.63. The Morgan fingerprint density at radius 2 is 2.12 bits per heavy atom. The molecule has 0 saturated heterocycles. The van der Waals surface area contributed by atoms with Gasteiger partial charge in [-0.05, 0) is 31.7 Å². The van der Waals surface area contributed by atoms with E-state index in [0.717, 1.165) is 37.9 Å². The van der Waals surface area contributed by atoms with Crippen molar-refractivity contribution in [3.63, 3.8) is 0 Å². The van der Waals surface area contributed by atoms with Crippen LogP contribution in [-0.2, 0) is 0 Å². The van der Waals surface area contributed by atoms with E-state index >= 15 is 0 Å². The van der Waals surface area contributed by atoms with E-state index in [1.807, 2.05) is 0 Å². The lowest BCUT2D eigenvalue weighted by atomic mass is 9.98. The van der Waals surface area contributed by atoms with Crippen LogP contribution in [0.25, 0.3) is 0 Å². The van der Waals surface area contributed by atoms with Gasteiger partial charge in [-0.15, -0.1) is 0 Å². The number of carbonyl (C=O) groups is 1. The van der Waals surface area contributed by atoms with Crippen molar-refractivity contribution in [1.82, 2.24) is 4.98 Å². The van der Waals surface area contributed by atoms with Crippen molar-refractivity contribution in [1.29, 1.82) is 0 Å². The molecule has 4 nitrogen and oxygen atoms in total. The summed E-state index contributed by atoms with van der Waals surface area (Å²) >= 11 is 0. The zero-order valence-electron chi connectivity index (χ0n) is 9.36. The monoisotopic (exact) mass is 239 g/mol. The number of aromatic nitrogens is 1. The lowest BCUT2D eigenvalue weighted by Gasteiger charge is -2.22. The first-order valence-corrected chi connectivity index (χ1v) is 5.72. The van der Waals surface area contributed by atoms with Crippen molar-refractivity contribution in [3.05, 3.63) is 23.6 Å². The Morgan fingerprint density at radius 3 is 2.76 bits per heavy atom. The van der Waals surface area contributed by atoms with Crippen LogP contribution < -0.4 is 4.74 Å². The zero-order valence-corrected chi connectivity index (χ0v) is 9.36. The number of carboxylic acids is 1. The summed E-state index contributed by atoms with van der Waals surface area (Å²) in [6, 6.07) is 0.938. The number of pyridine rings is 1. The molecule has 5 heteroatoms. The van der Waals surface area contributed by atoms with Crippen LogP contribution in [0, 0.1) is 5.82 Å². The Kier molecular flexibility index (Phi) is 3.56. The normalized spacial score (nSPS) is 16.8. The van der Waals surface area contributed by atoms with Crippen LogP contribution in [-0.4, -0.2) is 22.2 Å². The Morgan fingerprint density at radius 1 is 1.41 bits per heavy atom. The van der Waals surface area contributed by atoms with Gasteiger partial charge in [-0.3, -0.25) is 0 Å². The number of hydrogen-bond donors (Lipinski definition) is 1. The molecule has 1 aliphatic carbocycles. The van der Waals surface area contributed by atoms with Crippen LogP contribution in [0.3, 0.4) is 0 Å². The summed E-state index contributed by atoms with van der Waals surface area (Å²) in [4.78, 5) is 14.6. The van der Waals surface area contributed by atoms with E-state index in [1.165, 1.54) is 6.42 Å². The minimum atomic E-state index is -1.22. The summed E-state index contributed by atoms with van der Waals surface area (Å²) in [6.07, 6.45) is 6.12. The minimum Gasteiger partial charge on any atom is -0.477 e. The Hall–Kier alpha value is -1.65. The maximum Gasteiger partial charge on any atom is 0.341 e. The minimum absolute atomic E-state index is 0.000175. The summed E-state index contributed by atoms with van der Waals surface area (Å²) < 4.78 is 18.4. The van der Waals surface area contributed by atoms with E-state index in [9.17, 15) is 9.18 Å². The molecule has 1 aliphatic rings. The average Bonchev–Trinajstić information content (AvgIpc) is 2.32.